The molecule has 124 valence electrons. The molecule has 1 heterocycles. The van der Waals surface area contributed by atoms with Gasteiger partial charge >= 0.3 is 6.03 Å². The number of rotatable bonds is 5. The van der Waals surface area contributed by atoms with Crippen LogP contribution in [0.4, 0.5) is 4.79 Å². The number of nitrogens with one attached hydrogen (secondary N) is 2. The van der Waals surface area contributed by atoms with Crippen LogP contribution in [-0.4, -0.2) is 28.7 Å². The Balaban J connectivity index is 1.39. The third-order valence-corrected chi connectivity index (χ3v) is 5.98. The van der Waals surface area contributed by atoms with Crippen LogP contribution >= 0.6 is 11.8 Å². The molecule has 2 saturated carbocycles. The molecule has 2 bridgehead atoms. The van der Waals surface area contributed by atoms with E-state index in [1.54, 1.807) is 6.20 Å². The zero-order chi connectivity index (χ0) is 16.2. The lowest BCUT2D eigenvalue weighted by Gasteiger charge is -2.28. The summed E-state index contributed by atoms with van der Waals surface area (Å²) in [5, 5.41) is 6.13. The fourth-order valence-corrected chi connectivity index (χ4v) is 4.65. The molecule has 2 fully saturated rings. The van der Waals surface area contributed by atoms with E-state index in [9.17, 15) is 9.59 Å². The third kappa shape index (κ3) is 4.25. The van der Waals surface area contributed by atoms with E-state index in [1.165, 1.54) is 37.4 Å². The second kappa shape index (κ2) is 7.34. The molecule has 1 aromatic rings. The summed E-state index contributed by atoms with van der Waals surface area (Å²) in [7, 11) is 0. The molecule has 1 aromatic heterocycles. The number of hydrogen-bond acceptors (Lipinski definition) is 4. The molecule has 0 unspecified atom stereocenters. The molecule has 0 radical (unpaired) electrons. The highest BCUT2D eigenvalue weighted by atomic mass is 32.2. The molecule has 3 amide bonds. The van der Waals surface area contributed by atoms with Gasteiger partial charge in [0.05, 0.1) is 10.8 Å². The number of nitrogens with zero attached hydrogens (tertiary/aromatic N) is 1. The van der Waals surface area contributed by atoms with Crippen LogP contribution in [0, 0.1) is 17.8 Å². The Labute approximate surface area is 141 Å². The standard InChI is InChI=1S/C17H23N3O2S/c1-11(14-9-12-5-6-13(14)8-12)19-17(22)20-15(21)10-23-16-4-2-3-7-18-16/h2-4,7,11-14H,5-6,8-10H2,1H3,(H2,19,20,21,22)/t11-,12-,13-,14+/m0/s1. The summed E-state index contributed by atoms with van der Waals surface area (Å²) in [4.78, 5) is 27.9. The van der Waals surface area contributed by atoms with Gasteiger partial charge in [0.25, 0.3) is 0 Å². The van der Waals surface area contributed by atoms with E-state index in [2.05, 4.69) is 22.5 Å². The van der Waals surface area contributed by atoms with E-state index < -0.39 is 0 Å². The van der Waals surface area contributed by atoms with Crippen LogP contribution in [0.2, 0.25) is 0 Å². The molecule has 0 aromatic carbocycles. The van der Waals surface area contributed by atoms with Crippen LogP contribution in [-0.2, 0) is 4.79 Å². The topological polar surface area (TPSA) is 71.1 Å². The van der Waals surface area contributed by atoms with Crippen molar-refractivity contribution in [1.29, 1.82) is 0 Å². The molecule has 2 aliphatic rings. The Hall–Kier alpha value is -1.56. The van der Waals surface area contributed by atoms with Gasteiger partial charge in [0.1, 0.15) is 0 Å². The summed E-state index contributed by atoms with van der Waals surface area (Å²) in [6.45, 7) is 2.05. The van der Waals surface area contributed by atoms with Crippen molar-refractivity contribution in [2.75, 3.05) is 5.75 Å². The van der Waals surface area contributed by atoms with Gasteiger partial charge in [-0.1, -0.05) is 24.2 Å². The van der Waals surface area contributed by atoms with E-state index in [0.29, 0.717) is 5.92 Å². The van der Waals surface area contributed by atoms with Gasteiger partial charge in [0.15, 0.2) is 0 Å². The van der Waals surface area contributed by atoms with E-state index >= 15 is 0 Å². The number of thioether (sulfide) groups is 1. The average Bonchev–Trinajstić information content (AvgIpc) is 3.17. The van der Waals surface area contributed by atoms with E-state index in [4.69, 9.17) is 0 Å². The number of aromatic nitrogens is 1. The molecule has 0 saturated heterocycles. The van der Waals surface area contributed by atoms with Gasteiger partial charge in [-0.05, 0) is 56.1 Å². The first kappa shape index (κ1) is 16.3. The zero-order valence-electron chi connectivity index (χ0n) is 13.3. The van der Waals surface area contributed by atoms with Gasteiger partial charge < -0.3 is 5.32 Å². The van der Waals surface area contributed by atoms with Gasteiger partial charge in [-0.25, -0.2) is 9.78 Å². The number of carbonyl (C=O) groups excluding carboxylic acids is 2. The minimum absolute atomic E-state index is 0.126. The Morgan fingerprint density at radius 2 is 2.22 bits per heavy atom. The van der Waals surface area contributed by atoms with Gasteiger partial charge in [0.2, 0.25) is 5.91 Å². The Kier molecular flexibility index (Phi) is 5.20. The molecule has 2 aliphatic carbocycles. The fourth-order valence-electron chi connectivity index (χ4n) is 3.99. The van der Waals surface area contributed by atoms with Crippen LogP contribution in [0.3, 0.4) is 0 Å². The maximum atomic E-state index is 12.0. The second-order valence-electron chi connectivity index (χ2n) is 6.61. The zero-order valence-corrected chi connectivity index (χ0v) is 14.1. The van der Waals surface area contributed by atoms with Crippen LogP contribution < -0.4 is 10.6 Å². The summed E-state index contributed by atoms with van der Waals surface area (Å²) in [5.41, 5.74) is 0. The summed E-state index contributed by atoms with van der Waals surface area (Å²) in [6.07, 6.45) is 6.86. The predicted octanol–water partition coefficient (Wildman–Crippen LogP) is 2.82. The molecule has 6 heteroatoms. The van der Waals surface area contributed by atoms with Crippen molar-refractivity contribution in [2.45, 2.75) is 43.7 Å². The summed E-state index contributed by atoms with van der Waals surface area (Å²) in [5.74, 6) is 2.07. The van der Waals surface area contributed by atoms with Gasteiger partial charge in [-0.2, -0.15) is 0 Å². The Morgan fingerprint density at radius 3 is 2.87 bits per heavy atom. The SMILES string of the molecule is C[C@H](NC(=O)NC(=O)CSc1ccccn1)[C@H]1C[C@H]2CC[C@H]1C2. The Bertz CT molecular complexity index is 566. The molecule has 5 nitrogen and oxygen atoms in total. The smallest absolute Gasteiger partial charge is 0.321 e. The highest BCUT2D eigenvalue weighted by Crippen LogP contribution is 2.49. The normalized spacial score (nSPS) is 26.7. The number of carbonyl (C=O) groups is 2. The number of urea groups is 1. The number of fused-ring (bicyclic) bond motifs is 2. The van der Waals surface area contributed by atoms with E-state index in [0.717, 1.165) is 16.9 Å². The molecular weight excluding hydrogens is 310 g/mol. The molecule has 4 atom stereocenters. The van der Waals surface area contributed by atoms with Crippen molar-refractivity contribution in [1.82, 2.24) is 15.6 Å². The lowest BCUT2D eigenvalue weighted by molar-refractivity contribution is -0.117. The van der Waals surface area contributed by atoms with Crippen molar-refractivity contribution in [3.8, 4) is 0 Å². The average molecular weight is 333 g/mol. The maximum absolute atomic E-state index is 12.0. The van der Waals surface area contributed by atoms with E-state index in [1.807, 2.05) is 18.2 Å². The largest absolute Gasteiger partial charge is 0.335 e. The highest BCUT2D eigenvalue weighted by Gasteiger charge is 2.42. The van der Waals surface area contributed by atoms with Crippen molar-refractivity contribution < 1.29 is 9.59 Å². The monoisotopic (exact) mass is 333 g/mol. The third-order valence-electron chi connectivity index (χ3n) is 5.04. The van der Waals surface area contributed by atoms with Crippen LogP contribution in [0.15, 0.2) is 29.4 Å². The minimum atomic E-state index is -0.383. The fraction of sp³-hybridized carbons (Fsp3) is 0.588. The molecule has 3 rings (SSSR count). The second-order valence-corrected chi connectivity index (χ2v) is 7.60. The first-order chi connectivity index (χ1) is 11.1. The molecule has 0 aliphatic heterocycles. The lowest BCUT2D eigenvalue weighted by atomic mass is 9.84. The summed E-state index contributed by atoms with van der Waals surface area (Å²) >= 11 is 1.32. The Morgan fingerprint density at radius 1 is 1.35 bits per heavy atom. The van der Waals surface area contributed by atoms with Crippen molar-refractivity contribution in [3.63, 3.8) is 0 Å². The molecule has 0 spiro atoms. The van der Waals surface area contributed by atoms with Crippen LogP contribution in [0.25, 0.3) is 0 Å². The predicted molar refractivity (Wildman–Crippen MR) is 90.0 cm³/mol. The molecular formula is C17H23N3O2S. The van der Waals surface area contributed by atoms with Crippen molar-refractivity contribution in [3.05, 3.63) is 24.4 Å². The summed E-state index contributed by atoms with van der Waals surface area (Å²) < 4.78 is 0. The van der Waals surface area contributed by atoms with Crippen LogP contribution in [0.1, 0.15) is 32.6 Å². The number of amides is 3. The lowest BCUT2D eigenvalue weighted by Crippen LogP contribution is -2.47. The number of pyridine rings is 1. The van der Waals surface area contributed by atoms with Crippen LogP contribution in [0.5, 0.6) is 0 Å². The minimum Gasteiger partial charge on any atom is -0.335 e. The first-order valence-corrected chi connectivity index (χ1v) is 9.24. The summed E-state index contributed by atoms with van der Waals surface area (Å²) in [6, 6.07) is 5.29. The van der Waals surface area contributed by atoms with Gasteiger partial charge in [-0.15, -0.1) is 0 Å². The van der Waals surface area contributed by atoms with Gasteiger partial charge in [0, 0.05) is 12.2 Å². The number of imide groups is 1. The number of hydrogen-bond donors (Lipinski definition) is 2. The maximum Gasteiger partial charge on any atom is 0.321 e. The van der Waals surface area contributed by atoms with Crippen molar-refractivity contribution >= 4 is 23.7 Å². The quantitative estimate of drug-likeness (QED) is 0.813. The van der Waals surface area contributed by atoms with E-state index in [-0.39, 0.29) is 23.7 Å². The van der Waals surface area contributed by atoms with Crippen molar-refractivity contribution in [2.24, 2.45) is 17.8 Å². The first-order valence-electron chi connectivity index (χ1n) is 8.26. The molecule has 23 heavy (non-hydrogen) atoms. The highest BCUT2D eigenvalue weighted by molar-refractivity contribution is 7.99. The van der Waals surface area contributed by atoms with Gasteiger partial charge in [-0.3, -0.25) is 10.1 Å². The molecule has 2 N–H and O–H groups in total.